The highest BCUT2D eigenvalue weighted by Gasteiger charge is 2.33. The highest BCUT2D eigenvalue weighted by molar-refractivity contribution is 7.89. The van der Waals surface area contributed by atoms with Crippen LogP contribution in [-0.2, 0) is 16.6 Å². The Bertz CT molecular complexity index is 868. The van der Waals surface area contributed by atoms with Crippen molar-refractivity contribution < 1.29 is 18.1 Å². The third kappa shape index (κ3) is 4.00. The van der Waals surface area contributed by atoms with Crippen molar-refractivity contribution in [3.63, 3.8) is 0 Å². The molecule has 2 aromatic carbocycles. The number of quaternary nitrogens is 1. The molecule has 0 saturated carbocycles. The first kappa shape index (κ1) is 19.5. The lowest BCUT2D eigenvalue weighted by Crippen LogP contribution is -3.13. The Morgan fingerprint density at radius 2 is 1.73 bits per heavy atom. The van der Waals surface area contributed by atoms with Gasteiger partial charge in [-0.1, -0.05) is 53.5 Å². The monoisotopic (exact) mass is 415 g/mol. The molecule has 1 heterocycles. The number of hydrogen-bond donors (Lipinski definition) is 1. The first-order chi connectivity index (χ1) is 12.4. The number of rotatable bonds is 5. The number of nitrogens with zero attached hydrogens (tertiary/aromatic N) is 1. The molecular weight excluding hydrogens is 395 g/mol. The fourth-order valence-electron chi connectivity index (χ4n) is 3.15. The van der Waals surface area contributed by atoms with Crippen LogP contribution in [-0.4, -0.2) is 46.0 Å². The van der Waals surface area contributed by atoms with Gasteiger partial charge >= 0.3 is 0 Å². The normalized spacial score (nSPS) is 16.6. The lowest BCUT2D eigenvalue weighted by Gasteiger charge is -2.32. The Morgan fingerprint density at radius 1 is 1.08 bits per heavy atom. The van der Waals surface area contributed by atoms with Gasteiger partial charge in [0.15, 0.2) is 5.75 Å². The van der Waals surface area contributed by atoms with E-state index in [0.29, 0.717) is 13.1 Å². The van der Waals surface area contributed by atoms with Gasteiger partial charge in [0.25, 0.3) is 0 Å². The quantitative estimate of drug-likeness (QED) is 0.813. The summed E-state index contributed by atoms with van der Waals surface area (Å²) >= 11 is 12.1. The fraction of sp³-hybridized carbons (Fsp3) is 0.333. The zero-order chi connectivity index (χ0) is 18.7. The molecule has 0 radical (unpaired) electrons. The van der Waals surface area contributed by atoms with E-state index in [2.05, 4.69) is 12.1 Å². The largest absolute Gasteiger partial charge is 0.494 e. The Balaban J connectivity index is 1.73. The topological polar surface area (TPSA) is 51.1 Å². The number of sulfonamides is 1. The second-order valence-corrected chi connectivity index (χ2v) is 8.90. The second-order valence-electron chi connectivity index (χ2n) is 6.21. The molecule has 140 valence electrons. The van der Waals surface area contributed by atoms with E-state index in [9.17, 15) is 8.42 Å². The zero-order valence-electron chi connectivity index (χ0n) is 14.4. The molecule has 1 fully saturated rings. The molecule has 26 heavy (non-hydrogen) atoms. The van der Waals surface area contributed by atoms with Gasteiger partial charge in [-0.15, -0.1) is 0 Å². The lowest BCUT2D eigenvalue weighted by molar-refractivity contribution is -0.917. The molecule has 0 atom stereocenters. The summed E-state index contributed by atoms with van der Waals surface area (Å²) in [5, 5.41) is 0.378. The van der Waals surface area contributed by atoms with E-state index in [-0.39, 0.29) is 20.7 Å². The summed E-state index contributed by atoms with van der Waals surface area (Å²) in [6, 6.07) is 13.2. The van der Waals surface area contributed by atoms with E-state index in [0.717, 1.165) is 19.6 Å². The molecule has 0 amide bonds. The van der Waals surface area contributed by atoms with Crippen LogP contribution >= 0.6 is 23.2 Å². The van der Waals surface area contributed by atoms with Crippen LogP contribution in [0.3, 0.4) is 0 Å². The van der Waals surface area contributed by atoms with Gasteiger partial charge in [-0.2, -0.15) is 4.31 Å². The first-order valence-electron chi connectivity index (χ1n) is 8.33. The molecule has 0 bridgehead atoms. The Labute approximate surface area is 164 Å². The minimum atomic E-state index is -3.69. The molecule has 5 nitrogen and oxygen atoms in total. The average Bonchev–Trinajstić information content (AvgIpc) is 2.65. The number of benzene rings is 2. The minimum Gasteiger partial charge on any atom is -0.494 e. The van der Waals surface area contributed by atoms with E-state index in [1.165, 1.54) is 34.0 Å². The van der Waals surface area contributed by atoms with Crippen LogP contribution in [0.2, 0.25) is 10.0 Å². The van der Waals surface area contributed by atoms with E-state index in [1.54, 1.807) is 0 Å². The summed E-state index contributed by atoms with van der Waals surface area (Å²) in [5.74, 6) is 0.0956. The molecule has 0 spiro atoms. The van der Waals surface area contributed by atoms with Crippen LogP contribution in [0.1, 0.15) is 5.56 Å². The van der Waals surface area contributed by atoms with Crippen LogP contribution in [0.4, 0.5) is 0 Å². The molecule has 1 N–H and O–H groups in total. The van der Waals surface area contributed by atoms with Gasteiger partial charge in [-0.25, -0.2) is 8.42 Å². The summed E-state index contributed by atoms with van der Waals surface area (Å²) in [6.07, 6.45) is 0. The third-order valence-corrected chi connectivity index (χ3v) is 7.27. The van der Waals surface area contributed by atoms with Gasteiger partial charge in [-0.05, 0) is 12.1 Å². The van der Waals surface area contributed by atoms with Crippen LogP contribution in [0.25, 0.3) is 0 Å². The van der Waals surface area contributed by atoms with Crippen LogP contribution in [0, 0.1) is 0 Å². The molecule has 1 saturated heterocycles. The number of piperazine rings is 1. The summed E-state index contributed by atoms with van der Waals surface area (Å²) in [6.45, 7) is 3.29. The summed E-state index contributed by atoms with van der Waals surface area (Å²) < 4.78 is 32.8. The molecule has 1 aliphatic heterocycles. The van der Waals surface area contributed by atoms with Crippen molar-refractivity contribution in [1.82, 2.24) is 4.31 Å². The molecular formula is C18H21Cl2N2O3S+. The molecule has 0 aromatic heterocycles. The van der Waals surface area contributed by atoms with E-state index in [1.807, 2.05) is 18.2 Å². The van der Waals surface area contributed by atoms with Crippen molar-refractivity contribution in [3.05, 3.63) is 58.1 Å². The van der Waals surface area contributed by atoms with Crippen molar-refractivity contribution >= 4 is 33.2 Å². The van der Waals surface area contributed by atoms with Gasteiger partial charge in [0.2, 0.25) is 10.0 Å². The van der Waals surface area contributed by atoms with Crippen molar-refractivity contribution in [2.75, 3.05) is 33.3 Å². The van der Waals surface area contributed by atoms with Gasteiger partial charge in [0.05, 0.1) is 38.3 Å². The SMILES string of the molecule is COc1c(S(=O)(=O)N2CC[NH+](Cc3ccccc3)CC2)ccc(Cl)c1Cl. The van der Waals surface area contributed by atoms with E-state index in [4.69, 9.17) is 27.9 Å². The maximum atomic E-state index is 13.0. The molecule has 2 aromatic rings. The maximum Gasteiger partial charge on any atom is 0.247 e. The highest BCUT2D eigenvalue weighted by Crippen LogP contribution is 2.38. The van der Waals surface area contributed by atoms with Crippen LogP contribution in [0.5, 0.6) is 5.75 Å². The maximum absolute atomic E-state index is 13.0. The second kappa shape index (κ2) is 8.15. The molecule has 0 aliphatic carbocycles. The zero-order valence-corrected chi connectivity index (χ0v) is 16.7. The standard InChI is InChI=1S/C18H20Cl2N2O3S/c1-25-18-16(8-7-15(19)17(18)20)26(23,24)22-11-9-21(10-12-22)13-14-5-3-2-4-6-14/h2-8H,9-13H2,1H3/p+1. The average molecular weight is 416 g/mol. The Hall–Kier alpha value is -1.31. The predicted octanol–water partition coefficient (Wildman–Crippen LogP) is 2.09. The molecule has 3 rings (SSSR count). The number of ether oxygens (including phenoxy) is 1. The van der Waals surface area contributed by atoms with Crippen molar-refractivity contribution in [2.45, 2.75) is 11.4 Å². The minimum absolute atomic E-state index is 0.0564. The predicted molar refractivity (Wildman–Crippen MR) is 103 cm³/mol. The Kier molecular flexibility index (Phi) is 6.10. The Morgan fingerprint density at radius 3 is 2.35 bits per heavy atom. The van der Waals surface area contributed by atoms with Gasteiger partial charge in [-0.3, -0.25) is 0 Å². The molecule has 0 unspecified atom stereocenters. The fourth-order valence-corrected chi connectivity index (χ4v) is 5.20. The van der Waals surface area contributed by atoms with E-state index < -0.39 is 10.0 Å². The lowest BCUT2D eigenvalue weighted by atomic mass is 10.2. The van der Waals surface area contributed by atoms with E-state index >= 15 is 0 Å². The van der Waals surface area contributed by atoms with Crippen molar-refractivity contribution in [2.24, 2.45) is 0 Å². The van der Waals surface area contributed by atoms with Crippen molar-refractivity contribution in [3.8, 4) is 5.75 Å². The summed E-state index contributed by atoms with van der Waals surface area (Å²) in [7, 11) is -2.30. The number of halogens is 2. The summed E-state index contributed by atoms with van der Waals surface area (Å²) in [4.78, 5) is 1.42. The first-order valence-corrected chi connectivity index (χ1v) is 10.5. The number of hydrogen-bond acceptors (Lipinski definition) is 3. The molecule has 1 aliphatic rings. The smallest absolute Gasteiger partial charge is 0.247 e. The number of nitrogens with one attached hydrogen (secondary N) is 1. The third-order valence-electron chi connectivity index (χ3n) is 4.56. The van der Waals surface area contributed by atoms with Gasteiger partial charge in [0, 0.05) is 5.56 Å². The highest BCUT2D eigenvalue weighted by atomic mass is 35.5. The van der Waals surface area contributed by atoms with Gasteiger partial charge in [0.1, 0.15) is 16.5 Å². The summed E-state index contributed by atoms with van der Waals surface area (Å²) in [5.41, 5.74) is 1.25. The van der Waals surface area contributed by atoms with Crippen LogP contribution < -0.4 is 9.64 Å². The molecule has 8 heteroatoms. The number of methoxy groups -OCH3 is 1. The van der Waals surface area contributed by atoms with Gasteiger partial charge < -0.3 is 9.64 Å². The van der Waals surface area contributed by atoms with Crippen LogP contribution in [0.15, 0.2) is 47.4 Å². The van der Waals surface area contributed by atoms with Crippen molar-refractivity contribution in [1.29, 1.82) is 0 Å².